The van der Waals surface area contributed by atoms with Crippen LogP contribution in [0.15, 0.2) is 14.9 Å². The molecule has 23 heavy (non-hydrogen) atoms. The molecule has 1 amide bonds. The Morgan fingerprint density at radius 3 is 2.52 bits per heavy atom. The molecular formula is C16H25N4O3+. The summed E-state index contributed by atoms with van der Waals surface area (Å²) in [4.78, 5) is 12.9. The first kappa shape index (κ1) is 17.2. The van der Waals surface area contributed by atoms with Gasteiger partial charge >= 0.3 is 0 Å². The molecule has 7 heteroatoms. The van der Waals surface area contributed by atoms with Crippen LogP contribution in [-0.4, -0.2) is 35.2 Å². The second kappa shape index (κ2) is 6.54. The van der Waals surface area contributed by atoms with Gasteiger partial charge in [-0.05, 0) is 40.7 Å². The summed E-state index contributed by atoms with van der Waals surface area (Å²) in [5, 5.41) is 11.1. The van der Waals surface area contributed by atoms with Gasteiger partial charge in [-0.1, -0.05) is 0 Å². The molecule has 7 nitrogen and oxygen atoms in total. The topological polar surface area (TPSA) is 85.6 Å². The minimum absolute atomic E-state index is 0.00366. The Morgan fingerprint density at radius 2 is 1.96 bits per heavy atom. The molecule has 2 heterocycles. The van der Waals surface area contributed by atoms with E-state index in [9.17, 15) is 4.79 Å². The molecular weight excluding hydrogens is 296 g/mol. The van der Waals surface area contributed by atoms with Crippen molar-refractivity contribution >= 4 is 5.91 Å². The Balaban J connectivity index is 1.96. The zero-order valence-corrected chi connectivity index (χ0v) is 14.6. The summed E-state index contributed by atoms with van der Waals surface area (Å²) in [6, 6.07) is 1.87. The molecule has 1 unspecified atom stereocenters. The van der Waals surface area contributed by atoms with Crippen molar-refractivity contribution in [2.45, 2.75) is 46.7 Å². The van der Waals surface area contributed by atoms with Crippen molar-refractivity contribution in [2.24, 2.45) is 0 Å². The number of likely N-dealkylation sites (N-methyl/N-ethyl adjacent to an activating group) is 1. The van der Waals surface area contributed by atoms with Crippen molar-refractivity contribution in [1.29, 1.82) is 0 Å². The van der Waals surface area contributed by atoms with Crippen LogP contribution < -0.4 is 10.2 Å². The van der Waals surface area contributed by atoms with Crippen molar-refractivity contribution in [3.63, 3.8) is 0 Å². The minimum atomic E-state index is -0.230. The fourth-order valence-electron chi connectivity index (χ4n) is 2.33. The minimum Gasteiger partial charge on any atom is -0.466 e. The van der Waals surface area contributed by atoms with Gasteiger partial charge in [-0.3, -0.25) is 4.79 Å². The number of hydrogen-bond acceptors (Lipinski definition) is 5. The van der Waals surface area contributed by atoms with E-state index >= 15 is 0 Å². The molecule has 2 aromatic heterocycles. The van der Waals surface area contributed by atoms with E-state index in [1.165, 1.54) is 0 Å². The van der Waals surface area contributed by atoms with Gasteiger partial charge < -0.3 is 19.1 Å². The smallest absolute Gasteiger partial charge is 0.275 e. The third-order valence-corrected chi connectivity index (χ3v) is 3.17. The SMILES string of the molecule is Cc1cc(-c2nnc(C[NH+](C)CC(=O)NC(C)(C)C)o2)c(C)o1. The summed E-state index contributed by atoms with van der Waals surface area (Å²) in [6.45, 7) is 10.4. The number of rotatable bonds is 5. The predicted molar refractivity (Wildman–Crippen MR) is 84.8 cm³/mol. The number of furan rings is 1. The number of quaternary nitrogens is 1. The third kappa shape index (κ3) is 4.92. The Bertz CT molecular complexity index is 682. The van der Waals surface area contributed by atoms with Gasteiger partial charge in [0.05, 0.1) is 12.6 Å². The maximum absolute atomic E-state index is 11.9. The molecule has 1 atom stereocenters. The zero-order valence-electron chi connectivity index (χ0n) is 14.6. The van der Waals surface area contributed by atoms with Crippen LogP contribution in [-0.2, 0) is 11.3 Å². The van der Waals surface area contributed by atoms with Gasteiger partial charge in [0, 0.05) is 5.54 Å². The highest BCUT2D eigenvalue weighted by Gasteiger charge is 2.20. The quantitative estimate of drug-likeness (QED) is 0.854. The first-order valence-corrected chi connectivity index (χ1v) is 7.66. The Hall–Kier alpha value is -2.15. The monoisotopic (exact) mass is 321 g/mol. The lowest BCUT2D eigenvalue weighted by Gasteiger charge is -2.21. The second-order valence-electron chi connectivity index (χ2n) is 6.94. The average Bonchev–Trinajstić information content (AvgIpc) is 2.93. The summed E-state index contributed by atoms with van der Waals surface area (Å²) < 4.78 is 11.2. The molecule has 2 rings (SSSR count). The average molecular weight is 321 g/mol. The molecule has 0 fully saturated rings. The summed E-state index contributed by atoms with van der Waals surface area (Å²) in [7, 11) is 1.92. The van der Waals surface area contributed by atoms with Gasteiger partial charge in [-0.25, -0.2) is 0 Å². The molecule has 2 aromatic rings. The molecule has 0 aliphatic carbocycles. The summed E-state index contributed by atoms with van der Waals surface area (Å²) in [5.74, 6) is 2.50. The molecule has 0 saturated heterocycles. The van der Waals surface area contributed by atoms with E-state index in [4.69, 9.17) is 8.83 Å². The summed E-state index contributed by atoms with van der Waals surface area (Å²) >= 11 is 0. The fourth-order valence-corrected chi connectivity index (χ4v) is 2.33. The maximum Gasteiger partial charge on any atom is 0.275 e. The number of carbonyl (C=O) groups excluding carboxylic acids is 1. The van der Waals surface area contributed by atoms with Crippen molar-refractivity contribution in [3.8, 4) is 11.5 Å². The van der Waals surface area contributed by atoms with Gasteiger partial charge in [0.2, 0.25) is 0 Å². The largest absolute Gasteiger partial charge is 0.466 e. The number of carbonyl (C=O) groups is 1. The maximum atomic E-state index is 11.9. The van der Waals surface area contributed by atoms with E-state index < -0.39 is 0 Å². The predicted octanol–water partition coefficient (Wildman–Crippen LogP) is 0.876. The number of hydrogen-bond donors (Lipinski definition) is 2. The van der Waals surface area contributed by atoms with Crippen LogP contribution in [0.1, 0.15) is 38.2 Å². The number of aryl methyl sites for hydroxylation is 2. The summed E-state index contributed by atoms with van der Waals surface area (Å²) in [6.07, 6.45) is 0. The van der Waals surface area contributed by atoms with E-state index in [1.54, 1.807) is 0 Å². The second-order valence-corrected chi connectivity index (χ2v) is 6.94. The third-order valence-electron chi connectivity index (χ3n) is 3.17. The van der Waals surface area contributed by atoms with Crippen LogP contribution in [0.3, 0.4) is 0 Å². The molecule has 0 spiro atoms. The first-order chi connectivity index (χ1) is 10.6. The lowest BCUT2D eigenvalue weighted by atomic mass is 10.1. The molecule has 0 bridgehead atoms. The van der Waals surface area contributed by atoms with E-state index in [0.29, 0.717) is 24.9 Å². The zero-order chi connectivity index (χ0) is 17.2. The van der Waals surface area contributed by atoms with E-state index in [-0.39, 0.29) is 11.4 Å². The van der Waals surface area contributed by atoms with Gasteiger partial charge in [-0.2, -0.15) is 0 Å². The van der Waals surface area contributed by atoms with Crippen molar-refractivity contribution in [3.05, 3.63) is 23.5 Å². The molecule has 0 aromatic carbocycles. The standard InChI is InChI=1S/C16H24N4O3/c1-10-7-12(11(2)22-10)15-19-18-14(23-15)9-20(6)8-13(21)17-16(3,4)5/h7H,8-9H2,1-6H3,(H,17,21)/p+1. The number of nitrogens with zero attached hydrogens (tertiary/aromatic N) is 2. The highest BCUT2D eigenvalue weighted by molar-refractivity contribution is 5.77. The van der Waals surface area contributed by atoms with E-state index in [2.05, 4.69) is 15.5 Å². The first-order valence-electron chi connectivity index (χ1n) is 7.66. The van der Waals surface area contributed by atoms with E-state index in [0.717, 1.165) is 22.0 Å². The lowest BCUT2D eigenvalue weighted by molar-refractivity contribution is -0.886. The Morgan fingerprint density at radius 1 is 1.26 bits per heavy atom. The normalized spacial score (nSPS) is 13.1. The molecule has 0 saturated carbocycles. The summed E-state index contributed by atoms with van der Waals surface area (Å²) in [5.41, 5.74) is 0.579. The Labute approximate surface area is 136 Å². The molecule has 0 aliphatic heterocycles. The highest BCUT2D eigenvalue weighted by Crippen LogP contribution is 2.25. The highest BCUT2D eigenvalue weighted by atomic mass is 16.4. The molecule has 126 valence electrons. The number of amides is 1. The van der Waals surface area contributed by atoms with Gasteiger partial charge in [-0.15, -0.1) is 10.2 Å². The van der Waals surface area contributed by atoms with Gasteiger partial charge in [0.15, 0.2) is 13.1 Å². The van der Waals surface area contributed by atoms with Crippen LogP contribution in [0.25, 0.3) is 11.5 Å². The van der Waals surface area contributed by atoms with Crippen LogP contribution in [0.5, 0.6) is 0 Å². The van der Waals surface area contributed by atoms with Crippen molar-refractivity contribution in [1.82, 2.24) is 15.5 Å². The van der Waals surface area contributed by atoms with Crippen LogP contribution >= 0.6 is 0 Å². The Kier molecular flexibility index (Phi) is 4.89. The lowest BCUT2D eigenvalue weighted by Crippen LogP contribution is -3.09. The van der Waals surface area contributed by atoms with Crippen molar-refractivity contribution < 1.29 is 18.5 Å². The number of aromatic nitrogens is 2. The molecule has 2 N–H and O–H groups in total. The van der Waals surface area contributed by atoms with Crippen molar-refractivity contribution in [2.75, 3.05) is 13.6 Å². The fraction of sp³-hybridized carbons (Fsp3) is 0.562. The van der Waals surface area contributed by atoms with Gasteiger partial charge in [0.25, 0.3) is 17.7 Å². The van der Waals surface area contributed by atoms with E-state index in [1.807, 2.05) is 47.7 Å². The number of nitrogens with one attached hydrogen (secondary N) is 2. The van der Waals surface area contributed by atoms with Crippen LogP contribution in [0.4, 0.5) is 0 Å². The molecule has 0 aliphatic rings. The van der Waals surface area contributed by atoms with Gasteiger partial charge in [0.1, 0.15) is 11.5 Å². The molecule has 0 radical (unpaired) electrons. The van der Waals surface area contributed by atoms with Crippen LogP contribution in [0.2, 0.25) is 0 Å². The van der Waals surface area contributed by atoms with Crippen LogP contribution in [0, 0.1) is 13.8 Å².